The second-order valence-electron chi connectivity index (χ2n) is 4.57. The zero-order valence-electron chi connectivity index (χ0n) is 10.9. The van der Waals surface area contributed by atoms with Gasteiger partial charge in [0.25, 0.3) is 0 Å². The summed E-state index contributed by atoms with van der Waals surface area (Å²) in [5, 5.41) is 1.44. The van der Waals surface area contributed by atoms with Crippen molar-refractivity contribution in [1.29, 1.82) is 0 Å². The van der Waals surface area contributed by atoms with Crippen LogP contribution in [0, 0.1) is 13.8 Å². The van der Waals surface area contributed by atoms with E-state index in [-0.39, 0.29) is 24.8 Å². The number of rotatable bonds is 2. The van der Waals surface area contributed by atoms with Crippen molar-refractivity contribution in [3.8, 4) is 0 Å². The van der Waals surface area contributed by atoms with Crippen molar-refractivity contribution in [3.05, 3.63) is 50.8 Å². The molecular formula is C15H15Cl2NZr. The van der Waals surface area contributed by atoms with Gasteiger partial charge in [-0.1, -0.05) is 0 Å². The number of aryl methyl sites for hydroxylation is 2. The van der Waals surface area contributed by atoms with Gasteiger partial charge in [-0.3, -0.25) is 0 Å². The van der Waals surface area contributed by atoms with Crippen LogP contribution in [0.25, 0.3) is 10.9 Å². The summed E-state index contributed by atoms with van der Waals surface area (Å²) in [6, 6.07) is 6.53. The number of H-pyrrole nitrogens is 1. The molecule has 1 N–H and O–H groups in total. The van der Waals surface area contributed by atoms with Crippen molar-refractivity contribution >= 4 is 14.3 Å². The van der Waals surface area contributed by atoms with Gasteiger partial charge in [0.1, 0.15) is 0 Å². The molecule has 1 heterocycles. The molecule has 0 bridgehead atoms. The minimum Gasteiger partial charge on any atom is -1.00 e. The largest absolute Gasteiger partial charge is 1.00 e. The van der Waals surface area contributed by atoms with Crippen LogP contribution < -0.4 is 28.2 Å². The van der Waals surface area contributed by atoms with Gasteiger partial charge < -0.3 is 24.8 Å². The van der Waals surface area contributed by atoms with Crippen LogP contribution >= 0.6 is 0 Å². The number of aromatic amines is 1. The quantitative estimate of drug-likeness (QED) is 0.594. The monoisotopic (exact) mass is 369 g/mol. The van der Waals surface area contributed by atoms with Gasteiger partial charge >= 0.3 is 114 Å². The maximum Gasteiger partial charge on any atom is -1.00 e. The van der Waals surface area contributed by atoms with Gasteiger partial charge in [-0.05, 0) is 0 Å². The average molecular weight is 371 g/mol. The number of nitrogens with one attached hydrogen (secondary N) is 1. The molecule has 0 saturated carbocycles. The van der Waals surface area contributed by atoms with E-state index in [1.807, 2.05) is 0 Å². The van der Waals surface area contributed by atoms with Gasteiger partial charge in [0, 0.05) is 0 Å². The van der Waals surface area contributed by atoms with E-state index in [1.54, 1.807) is 3.28 Å². The zero-order valence-corrected chi connectivity index (χ0v) is 14.9. The van der Waals surface area contributed by atoms with E-state index in [0.717, 1.165) is 0 Å². The molecule has 0 saturated heterocycles. The van der Waals surface area contributed by atoms with Crippen molar-refractivity contribution < 1.29 is 48.0 Å². The van der Waals surface area contributed by atoms with Crippen LogP contribution in [0.4, 0.5) is 0 Å². The van der Waals surface area contributed by atoms with Crippen LogP contribution in [0.2, 0.25) is 0 Å². The Labute approximate surface area is 137 Å². The zero-order chi connectivity index (χ0) is 11.8. The molecule has 0 spiro atoms. The molecule has 1 aromatic carbocycles. The van der Waals surface area contributed by atoms with Crippen LogP contribution in [0.3, 0.4) is 0 Å². The first-order valence-electron chi connectivity index (χ1n) is 5.96. The van der Waals surface area contributed by atoms with E-state index in [1.165, 1.54) is 31.9 Å². The summed E-state index contributed by atoms with van der Waals surface area (Å²) in [5.41, 5.74) is 4.18. The minimum absolute atomic E-state index is 0. The third-order valence-corrected chi connectivity index (χ3v) is 6.88. The van der Waals surface area contributed by atoms with Crippen molar-refractivity contribution in [3.63, 3.8) is 0 Å². The summed E-state index contributed by atoms with van der Waals surface area (Å²) in [6.07, 6.45) is 7.95. The average Bonchev–Trinajstić information content (AvgIpc) is 2.90. The van der Waals surface area contributed by atoms with E-state index in [4.69, 9.17) is 0 Å². The van der Waals surface area contributed by atoms with Crippen LogP contribution in [-0.4, -0.2) is 4.98 Å². The van der Waals surface area contributed by atoms with E-state index in [0.29, 0.717) is 0 Å². The van der Waals surface area contributed by atoms with Crippen LogP contribution in [0.1, 0.15) is 17.5 Å². The Balaban J connectivity index is 0.000000902. The Bertz CT molecular complexity index is 641. The second kappa shape index (κ2) is 6.93. The Morgan fingerprint density at radius 1 is 1.16 bits per heavy atom. The minimum atomic E-state index is -0.597. The number of fused-ring (bicyclic) bond motifs is 1. The molecule has 4 heteroatoms. The topological polar surface area (TPSA) is 15.8 Å². The van der Waals surface area contributed by atoms with Crippen LogP contribution in [0.15, 0.2) is 39.7 Å². The standard InChI is InChI=1S/C10H10N.C5H5.2ClH.Zr/c1-7-4-3-5-9-10(7)8(2)6-11-9;1-2-4-5-3-1;;;/h3-5,11H,1-2H3;1-3H,4H2;2*1H;/q;;;;+2/p-2. The van der Waals surface area contributed by atoms with Crippen molar-refractivity contribution in [2.45, 2.75) is 20.3 Å². The molecule has 19 heavy (non-hydrogen) atoms. The normalized spacial score (nSPS) is 12.6. The predicted molar refractivity (Wildman–Crippen MR) is 69.2 cm³/mol. The summed E-state index contributed by atoms with van der Waals surface area (Å²) in [5.74, 6) is 0. The van der Waals surface area contributed by atoms with Gasteiger partial charge in [0.2, 0.25) is 0 Å². The summed E-state index contributed by atoms with van der Waals surface area (Å²) < 4.78 is 3.20. The number of halogens is 2. The fraction of sp³-hybridized carbons (Fsp3) is 0.200. The van der Waals surface area contributed by atoms with Crippen molar-refractivity contribution in [1.82, 2.24) is 4.98 Å². The molecule has 1 aliphatic rings. The molecule has 0 atom stereocenters. The number of aromatic nitrogens is 1. The molecule has 0 unspecified atom stereocenters. The van der Waals surface area contributed by atoms with E-state index in [2.05, 4.69) is 55.3 Å². The number of allylic oxidation sites excluding steroid dienone is 4. The van der Waals surface area contributed by atoms with Crippen LogP contribution in [0.5, 0.6) is 0 Å². The molecule has 0 amide bonds. The Hall–Kier alpha value is -0.297. The molecule has 98 valence electrons. The van der Waals surface area contributed by atoms with E-state index in [9.17, 15) is 0 Å². The van der Waals surface area contributed by atoms with E-state index < -0.39 is 23.2 Å². The Morgan fingerprint density at radius 2 is 1.95 bits per heavy atom. The van der Waals surface area contributed by atoms with Gasteiger partial charge in [0.15, 0.2) is 0 Å². The van der Waals surface area contributed by atoms with Gasteiger partial charge in [-0.25, -0.2) is 0 Å². The molecule has 0 aliphatic heterocycles. The summed E-state index contributed by atoms with van der Waals surface area (Å²) >= 11 is -0.597. The van der Waals surface area contributed by atoms with Crippen LogP contribution in [-0.2, 0) is 23.2 Å². The maximum atomic E-state index is 3.64. The Morgan fingerprint density at radius 3 is 2.58 bits per heavy atom. The first-order chi connectivity index (χ1) is 8.25. The first kappa shape index (κ1) is 16.8. The summed E-state index contributed by atoms with van der Waals surface area (Å²) in [4.78, 5) is 3.64. The van der Waals surface area contributed by atoms with Gasteiger partial charge in [-0.15, -0.1) is 0 Å². The molecule has 1 nitrogen and oxygen atoms in total. The fourth-order valence-corrected chi connectivity index (χ4v) is 5.47. The smallest absolute Gasteiger partial charge is 1.00 e. The van der Waals surface area contributed by atoms with E-state index >= 15 is 0 Å². The summed E-state index contributed by atoms with van der Waals surface area (Å²) in [6.45, 7) is 4.47. The second-order valence-corrected chi connectivity index (χ2v) is 7.99. The SMILES string of the molecule is Cc1cccc2[nH][c]([Zr+2][C]3=CC=CC3)c(C)c12.[Cl-].[Cl-]. The van der Waals surface area contributed by atoms with Crippen molar-refractivity contribution in [2.24, 2.45) is 0 Å². The molecule has 2 aromatic rings. The molecule has 1 aromatic heterocycles. The maximum absolute atomic E-state index is 3.64. The number of benzene rings is 1. The van der Waals surface area contributed by atoms with Gasteiger partial charge in [-0.2, -0.15) is 0 Å². The number of hydrogen-bond acceptors (Lipinski definition) is 0. The summed E-state index contributed by atoms with van der Waals surface area (Å²) in [7, 11) is 0. The first-order valence-corrected chi connectivity index (χ1v) is 8.42. The molecule has 1 aliphatic carbocycles. The van der Waals surface area contributed by atoms with Crippen molar-refractivity contribution in [2.75, 3.05) is 0 Å². The molecular weight excluding hydrogens is 356 g/mol. The Kier molecular flexibility index (Phi) is 6.11. The van der Waals surface area contributed by atoms with Gasteiger partial charge in [0.05, 0.1) is 0 Å². The predicted octanol–water partition coefficient (Wildman–Crippen LogP) is -2.66. The molecule has 3 rings (SSSR count). The molecule has 0 radical (unpaired) electrons. The third kappa shape index (κ3) is 3.24. The molecule has 0 fully saturated rings. The number of hydrogen-bond donors (Lipinski definition) is 1. The fourth-order valence-electron chi connectivity index (χ4n) is 2.45. The third-order valence-electron chi connectivity index (χ3n) is 3.34.